The molecule has 15 heavy (non-hydrogen) atoms. The van der Waals surface area contributed by atoms with Crippen molar-refractivity contribution in [2.75, 3.05) is 37.0 Å². The monoisotopic (exact) mass is 263 g/mol. The summed E-state index contributed by atoms with van der Waals surface area (Å²) in [6.07, 6.45) is -3.34. The van der Waals surface area contributed by atoms with Gasteiger partial charge in [-0.15, -0.1) is 11.6 Å². The summed E-state index contributed by atoms with van der Waals surface area (Å²) in [5.41, 5.74) is 0. The molecule has 6 heteroatoms. The molecule has 0 radical (unpaired) electrons. The maximum Gasteiger partial charge on any atom is 0.401 e. The normalized spacial score (nSPS) is 12.4. The fourth-order valence-electron chi connectivity index (χ4n) is 1.18. The molecule has 0 saturated heterocycles. The lowest BCUT2D eigenvalue weighted by atomic mass is 10.4. The van der Waals surface area contributed by atoms with E-state index in [1.165, 1.54) is 4.90 Å². The Morgan fingerprint density at radius 1 is 1.27 bits per heavy atom. The molecule has 0 atom stereocenters. The fraction of sp³-hybridized carbons (Fsp3) is 1.00. The summed E-state index contributed by atoms with van der Waals surface area (Å²) < 4.78 is 36.3. The van der Waals surface area contributed by atoms with Crippen LogP contribution in [0.1, 0.15) is 13.3 Å². The third kappa shape index (κ3) is 10.7. The minimum Gasteiger partial charge on any atom is -0.294 e. The van der Waals surface area contributed by atoms with Gasteiger partial charge in [-0.3, -0.25) is 4.90 Å². The molecule has 0 rings (SSSR count). The summed E-state index contributed by atoms with van der Waals surface area (Å²) in [6, 6.07) is 0. The second-order valence-corrected chi connectivity index (χ2v) is 4.90. The van der Waals surface area contributed by atoms with Crippen molar-refractivity contribution in [1.29, 1.82) is 0 Å². The van der Waals surface area contributed by atoms with Crippen LogP contribution in [-0.4, -0.2) is 48.1 Å². The van der Waals surface area contributed by atoms with Crippen molar-refractivity contribution in [1.82, 2.24) is 4.90 Å². The van der Waals surface area contributed by atoms with Gasteiger partial charge in [-0.1, -0.05) is 6.92 Å². The van der Waals surface area contributed by atoms with Gasteiger partial charge in [0, 0.05) is 12.4 Å². The van der Waals surface area contributed by atoms with Gasteiger partial charge in [-0.05, 0) is 24.5 Å². The highest BCUT2D eigenvalue weighted by atomic mass is 35.5. The minimum atomic E-state index is -4.12. The Morgan fingerprint density at radius 3 is 2.40 bits per heavy atom. The van der Waals surface area contributed by atoms with Crippen molar-refractivity contribution in [3.05, 3.63) is 0 Å². The molecule has 0 aliphatic heterocycles. The van der Waals surface area contributed by atoms with E-state index in [-0.39, 0.29) is 5.88 Å². The zero-order chi connectivity index (χ0) is 11.7. The van der Waals surface area contributed by atoms with Crippen LogP contribution < -0.4 is 0 Å². The molecule has 0 bridgehead atoms. The molecule has 0 aromatic rings. The Labute approximate surface area is 98.3 Å². The van der Waals surface area contributed by atoms with Crippen molar-refractivity contribution >= 4 is 23.4 Å². The predicted molar refractivity (Wildman–Crippen MR) is 60.8 cm³/mol. The molecule has 0 aromatic carbocycles. The topological polar surface area (TPSA) is 3.24 Å². The van der Waals surface area contributed by atoms with E-state index in [4.69, 9.17) is 11.6 Å². The third-order valence-corrected chi connectivity index (χ3v) is 2.93. The van der Waals surface area contributed by atoms with E-state index >= 15 is 0 Å². The van der Waals surface area contributed by atoms with Gasteiger partial charge < -0.3 is 0 Å². The number of hydrogen-bond donors (Lipinski definition) is 0. The first kappa shape index (κ1) is 15.4. The van der Waals surface area contributed by atoms with Gasteiger partial charge >= 0.3 is 6.18 Å². The molecular formula is C9H17ClF3NS. The Bertz CT molecular complexity index is 155. The maximum atomic E-state index is 12.1. The number of thioether (sulfide) groups is 1. The molecule has 92 valence electrons. The number of nitrogens with zero attached hydrogens (tertiary/aromatic N) is 1. The molecule has 0 saturated carbocycles. The summed E-state index contributed by atoms with van der Waals surface area (Å²) >= 11 is 7.20. The lowest BCUT2D eigenvalue weighted by Crippen LogP contribution is -2.36. The van der Waals surface area contributed by atoms with Crippen molar-refractivity contribution in [2.24, 2.45) is 0 Å². The highest BCUT2D eigenvalue weighted by Crippen LogP contribution is 2.16. The smallest absolute Gasteiger partial charge is 0.294 e. The molecular weight excluding hydrogens is 247 g/mol. The van der Waals surface area contributed by atoms with Crippen LogP contribution in [0.2, 0.25) is 0 Å². The largest absolute Gasteiger partial charge is 0.401 e. The lowest BCUT2D eigenvalue weighted by molar-refractivity contribution is -0.145. The van der Waals surface area contributed by atoms with Gasteiger partial charge in [0.1, 0.15) is 0 Å². The summed E-state index contributed by atoms with van der Waals surface area (Å²) in [7, 11) is 0. The van der Waals surface area contributed by atoms with Gasteiger partial charge in [-0.2, -0.15) is 24.9 Å². The van der Waals surface area contributed by atoms with E-state index in [1.54, 1.807) is 11.8 Å². The summed E-state index contributed by atoms with van der Waals surface area (Å²) in [5, 5.41) is 0. The average molecular weight is 264 g/mol. The Balaban J connectivity index is 3.73. The SMILES string of the molecule is CCSCCCN(CCCl)CC(F)(F)F. The second kappa shape index (κ2) is 8.53. The zero-order valence-corrected chi connectivity index (χ0v) is 10.4. The lowest BCUT2D eigenvalue weighted by Gasteiger charge is -2.22. The number of halogens is 4. The Hall–Kier alpha value is 0.390. The van der Waals surface area contributed by atoms with E-state index in [1.807, 2.05) is 6.92 Å². The van der Waals surface area contributed by atoms with Gasteiger partial charge in [0.2, 0.25) is 0 Å². The van der Waals surface area contributed by atoms with E-state index in [0.29, 0.717) is 13.1 Å². The summed E-state index contributed by atoms with van der Waals surface area (Å²) in [6.45, 7) is 1.96. The minimum absolute atomic E-state index is 0.247. The molecule has 0 fully saturated rings. The third-order valence-electron chi connectivity index (χ3n) is 1.77. The number of rotatable bonds is 8. The van der Waals surface area contributed by atoms with E-state index in [2.05, 4.69) is 0 Å². The van der Waals surface area contributed by atoms with Crippen molar-refractivity contribution in [3.8, 4) is 0 Å². The molecule has 0 unspecified atom stereocenters. The molecule has 0 heterocycles. The molecule has 0 N–H and O–H groups in total. The molecule has 0 amide bonds. The van der Waals surface area contributed by atoms with Gasteiger partial charge in [0.05, 0.1) is 6.54 Å². The molecule has 0 aliphatic rings. The van der Waals surface area contributed by atoms with Crippen molar-refractivity contribution < 1.29 is 13.2 Å². The first-order valence-electron chi connectivity index (χ1n) is 4.92. The summed E-state index contributed by atoms with van der Waals surface area (Å²) in [4.78, 5) is 1.36. The second-order valence-electron chi connectivity index (χ2n) is 3.13. The van der Waals surface area contributed by atoms with Crippen LogP contribution in [0.4, 0.5) is 13.2 Å². The van der Waals surface area contributed by atoms with Crippen LogP contribution in [0.3, 0.4) is 0 Å². The Morgan fingerprint density at radius 2 is 1.93 bits per heavy atom. The fourth-order valence-corrected chi connectivity index (χ4v) is 2.04. The van der Waals surface area contributed by atoms with Crippen LogP contribution in [0.5, 0.6) is 0 Å². The summed E-state index contributed by atoms with van der Waals surface area (Å²) in [5.74, 6) is 2.17. The molecule has 0 aliphatic carbocycles. The van der Waals surface area contributed by atoms with Gasteiger partial charge in [0.15, 0.2) is 0 Å². The van der Waals surface area contributed by atoms with Crippen LogP contribution >= 0.6 is 23.4 Å². The molecule has 0 spiro atoms. The molecule has 1 nitrogen and oxygen atoms in total. The van der Waals surface area contributed by atoms with Crippen LogP contribution in [0, 0.1) is 0 Å². The zero-order valence-electron chi connectivity index (χ0n) is 8.82. The highest BCUT2D eigenvalue weighted by Gasteiger charge is 2.30. The quantitative estimate of drug-likeness (QED) is 0.489. The van der Waals surface area contributed by atoms with Crippen molar-refractivity contribution in [3.63, 3.8) is 0 Å². The van der Waals surface area contributed by atoms with Gasteiger partial charge in [-0.25, -0.2) is 0 Å². The average Bonchev–Trinajstić information content (AvgIpc) is 2.10. The van der Waals surface area contributed by atoms with E-state index in [9.17, 15) is 13.2 Å². The van der Waals surface area contributed by atoms with Gasteiger partial charge in [0.25, 0.3) is 0 Å². The Kier molecular flexibility index (Phi) is 8.75. The number of hydrogen-bond acceptors (Lipinski definition) is 2. The first-order valence-corrected chi connectivity index (χ1v) is 6.61. The first-order chi connectivity index (χ1) is 6.99. The molecule has 0 aromatic heterocycles. The van der Waals surface area contributed by atoms with Crippen LogP contribution in [-0.2, 0) is 0 Å². The predicted octanol–water partition coefficient (Wildman–Crippen LogP) is 3.23. The standard InChI is InChI=1S/C9H17ClF3NS/c1-2-15-7-3-5-14(6-4-10)8-9(11,12)13/h2-8H2,1H3. The van der Waals surface area contributed by atoms with E-state index in [0.717, 1.165) is 17.9 Å². The highest BCUT2D eigenvalue weighted by molar-refractivity contribution is 7.99. The van der Waals surface area contributed by atoms with Crippen molar-refractivity contribution in [2.45, 2.75) is 19.5 Å². The van der Waals surface area contributed by atoms with E-state index < -0.39 is 12.7 Å². The van der Waals surface area contributed by atoms with Crippen LogP contribution in [0.15, 0.2) is 0 Å². The maximum absolute atomic E-state index is 12.1. The van der Waals surface area contributed by atoms with Crippen LogP contribution in [0.25, 0.3) is 0 Å². The number of alkyl halides is 4.